The second-order valence-corrected chi connectivity index (χ2v) is 8.77. The number of aromatic nitrogens is 4. The van der Waals surface area contributed by atoms with Crippen LogP contribution in [0.1, 0.15) is 48.7 Å². The molecule has 0 saturated heterocycles. The van der Waals surface area contributed by atoms with Crippen LogP contribution in [-0.2, 0) is 6.61 Å². The lowest BCUT2D eigenvalue weighted by molar-refractivity contribution is 0.301. The van der Waals surface area contributed by atoms with E-state index in [0.29, 0.717) is 46.2 Å². The number of halogens is 1. The fourth-order valence-electron chi connectivity index (χ4n) is 4.36. The molecular formula is C27H25FN6O2. The second-order valence-electron chi connectivity index (χ2n) is 8.77. The normalized spacial score (nSPS) is 13.5. The minimum absolute atomic E-state index is 0.205. The van der Waals surface area contributed by atoms with Crippen molar-refractivity contribution < 1.29 is 13.9 Å². The molecule has 4 aromatic rings. The van der Waals surface area contributed by atoms with Gasteiger partial charge in [-0.3, -0.25) is 0 Å². The molecule has 2 aromatic heterocycles. The fraction of sp³-hybridized carbons (Fsp3) is 0.259. The highest BCUT2D eigenvalue weighted by molar-refractivity contribution is 5.69. The first-order chi connectivity index (χ1) is 17.5. The Hall–Kier alpha value is -4.45. The van der Waals surface area contributed by atoms with Crippen molar-refractivity contribution in [2.75, 3.05) is 5.73 Å². The Morgan fingerprint density at radius 1 is 1.06 bits per heavy atom. The van der Waals surface area contributed by atoms with Crippen molar-refractivity contribution in [2.45, 2.75) is 45.1 Å². The molecule has 1 aliphatic carbocycles. The summed E-state index contributed by atoms with van der Waals surface area (Å²) in [5, 5.41) is 4.68. The molecule has 2 aromatic carbocycles. The average molecular weight is 485 g/mol. The SMILES string of the molecule is [C-]#[N+]c1c(N)c(C2CCCC2)nn1-c1ccc(Oc2cc(F)cc(OCc3cnc(C)nc3)c2)cc1. The summed E-state index contributed by atoms with van der Waals surface area (Å²) in [5.74, 6) is 1.94. The Morgan fingerprint density at radius 2 is 1.75 bits per heavy atom. The van der Waals surface area contributed by atoms with Gasteiger partial charge in [0.15, 0.2) is 0 Å². The molecule has 36 heavy (non-hydrogen) atoms. The number of nitrogens with two attached hydrogens (primary N) is 1. The van der Waals surface area contributed by atoms with Gasteiger partial charge in [0.25, 0.3) is 5.82 Å². The number of rotatable bonds is 7. The highest BCUT2D eigenvalue weighted by Gasteiger charge is 2.27. The molecule has 182 valence electrons. The van der Waals surface area contributed by atoms with Crippen LogP contribution in [0.4, 0.5) is 15.9 Å². The summed E-state index contributed by atoms with van der Waals surface area (Å²) in [7, 11) is 0. The average Bonchev–Trinajstić information content (AvgIpc) is 3.51. The Labute approximate surface area is 208 Å². The number of anilines is 1. The first-order valence-corrected chi connectivity index (χ1v) is 11.7. The van der Waals surface area contributed by atoms with Gasteiger partial charge >= 0.3 is 0 Å². The third-order valence-electron chi connectivity index (χ3n) is 6.17. The quantitative estimate of drug-likeness (QED) is 0.311. The Morgan fingerprint density at radius 3 is 2.44 bits per heavy atom. The number of hydrogen-bond acceptors (Lipinski definition) is 6. The first-order valence-electron chi connectivity index (χ1n) is 11.7. The summed E-state index contributed by atoms with van der Waals surface area (Å²) in [5.41, 5.74) is 9.03. The summed E-state index contributed by atoms with van der Waals surface area (Å²) in [6.07, 6.45) is 7.74. The van der Waals surface area contributed by atoms with Gasteiger partial charge in [-0.2, -0.15) is 4.68 Å². The van der Waals surface area contributed by atoms with Crippen LogP contribution in [0.25, 0.3) is 10.5 Å². The molecule has 2 heterocycles. The lowest BCUT2D eigenvalue weighted by Crippen LogP contribution is -2.00. The zero-order chi connectivity index (χ0) is 25.1. The van der Waals surface area contributed by atoms with E-state index in [9.17, 15) is 4.39 Å². The van der Waals surface area contributed by atoms with Crippen LogP contribution in [0.2, 0.25) is 0 Å². The van der Waals surface area contributed by atoms with Gasteiger partial charge in [-0.15, -0.1) is 0 Å². The zero-order valence-electron chi connectivity index (χ0n) is 19.8. The van der Waals surface area contributed by atoms with E-state index in [-0.39, 0.29) is 6.61 Å². The van der Waals surface area contributed by atoms with E-state index < -0.39 is 5.82 Å². The number of nitrogen functional groups attached to an aromatic ring is 1. The summed E-state index contributed by atoms with van der Waals surface area (Å²) in [6, 6.07) is 11.3. The number of benzene rings is 2. The van der Waals surface area contributed by atoms with E-state index >= 15 is 0 Å². The van der Waals surface area contributed by atoms with Gasteiger partial charge in [-0.1, -0.05) is 24.5 Å². The van der Waals surface area contributed by atoms with E-state index in [4.69, 9.17) is 21.8 Å². The van der Waals surface area contributed by atoms with Crippen LogP contribution in [0.5, 0.6) is 17.2 Å². The Kier molecular flexibility index (Phi) is 6.50. The van der Waals surface area contributed by atoms with Crippen molar-refractivity contribution >= 4 is 11.5 Å². The van der Waals surface area contributed by atoms with E-state index in [1.54, 1.807) is 54.3 Å². The molecule has 0 unspecified atom stereocenters. The monoisotopic (exact) mass is 484 g/mol. The van der Waals surface area contributed by atoms with Crippen molar-refractivity contribution in [1.29, 1.82) is 0 Å². The molecule has 1 fully saturated rings. The Bertz CT molecular complexity index is 1400. The lowest BCUT2D eigenvalue weighted by Gasteiger charge is -2.10. The molecule has 1 aliphatic rings. The molecule has 0 atom stereocenters. The van der Waals surface area contributed by atoms with Gasteiger partial charge in [-0.25, -0.2) is 14.4 Å². The third-order valence-corrected chi connectivity index (χ3v) is 6.17. The van der Waals surface area contributed by atoms with E-state index in [0.717, 1.165) is 36.9 Å². The summed E-state index contributed by atoms with van der Waals surface area (Å²) in [4.78, 5) is 11.9. The van der Waals surface area contributed by atoms with Gasteiger partial charge in [0.1, 0.15) is 41.2 Å². The van der Waals surface area contributed by atoms with Crippen LogP contribution in [-0.4, -0.2) is 19.7 Å². The predicted octanol–water partition coefficient (Wildman–Crippen LogP) is 6.27. The summed E-state index contributed by atoms with van der Waals surface area (Å²) in [6.45, 7) is 9.60. The topological polar surface area (TPSA) is 92.4 Å². The van der Waals surface area contributed by atoms with Gasteiger partial charge in [0, 0.05) is 42.1 Å². The molecule has 0 aliphatic heterocycles. The lowest BCUT2D eigenvalue weighted by atomic mass is 10.0. The Balaban J connectivity index is 1.31. The van der Waals surface area contributed by atoms with Crippen molar-refractivity contribution in [3.05, 3.63) is 89.2 Å². The van der Waals surface area contributed by atoms with Gasteiger partial charge in [-0.05, 0) is 44.0 Å². The molecule has 5 rings (SSSR count). The minimum atomic E-state index is -0.479. The summed E-state index contributed by atoms with van der Waals surface area (Å²) >= 11 is 0. The smallest absolute Gasteiger partial charge is 0.280 e. The first kappa shape index (κ1) is 23.3. The highest BCUT2D eigenvalue weighted by atomic mass is 19.1. The van der Waals surface area contributed by atoms with Crippen LogP contribution in [0.15, 0.2) is 54.9 Å². The standard InChI is InChI=1S/C27H25FN6O2/c1-17-31-14-18(15-32-17)16-35-23-11-20(28)12-24(13-23)36-22-9-7-21(8-10-22)34-27(30-2)25(29)26(33-34)19-5-3-4-6-19/h7-15,19H,3-6,16,29H2,1H3. The fourth-order valence-corrected chi connectivity index (χ4v) is 4.36. The molecule has 0 bridgehead atoms. The van der Waals surface area contributed by atoms with E-state index in [1.165, 1.54) is 12.1 Å². The van der Waals surface area contributed by atoms with Crippen LogP contribution >= 0.6 is 0 Å². The molecule has 1 saturated carbocycles. The predicted molar refractivity (Wildman–Crippen MR) is 133 cm³/mol. The van der Waals surface area contributed by atoms with E-state index in [2.05, 4.69) is 19.9 Å². The maximum Gasteiger partial charge on any atom is 0.280 e. The number of aryl methyl sites for hydroxylation is 1. The number of ether oxygens (including phenoxy) is 2. The van der Waals surface area contributed by atoms with Gasteiger partial charge in [0.05, 0.1) is 11.4 Å². The molecule has 8 nitrogen and oxygen atoms in total. The molecule has 9 heteroatoms. The zero-order valence-corrected chi connectivity index (χ0v) is 19.8. The van der Waals surface area contributed by atoms with Crippen molar-refractivity contribution in [2.24, 2.45) is 0 Å². The van der Waals surface area contributed by atoms with Crippen LogP contribution < -0.4 is 15.2 Å². The van der Waals surface area contributed by atoms with Crippen LogP contribution in [0.3, 0.4) is 0 Å². The molecule has 0 radical (unpaired) electrons. The maximum atomic E-state index is 14.2. The second kappa shape index (κ2) is 10.0. The van der Waals surface area contributed by atoms with Gasteiger partial charge < -0.3 is 20.1 Å². The van der Waals surface area contributed by atoms with Crippen molar-refractivity contribution in [1.82, 2.24) is 19.7 Å². The summed E-state index contributed by atoms with van der Waals surface area (Å²) < 4.78 is 27.4. The number of nitrogens with zero attached hydrogens (tertiary/aromatic N) is 5. The van der Waals surface area contributed by atoms with Crippen LogP contribution in [0, 0.1) is 19.3 Å². The maximum absolute atomic E-state index is 14.2. The van der Waals surface area contributed by atoms with Crippen molar-refractivity contribution in [3.8, 4) is 22.9 Å². The molecule has 0 spiro atoms. The molecule has 2 N–H and O–H groups in total. The number of hydrogen-bond donors (Lipinski definition) is 1. The third kappa shape index (κ3) is 4.98. The van der Waals surface area contributed by atoms with Crippen molar-refractivity contribution in [3.63, 3.8) is 0 Å². The minimum Gasteiger partial charge on any atom is -0.489 e. The molecular weight excluding hydrogens is 459 g/mol. The van der Waals surface area contributed by atoms with E-state index in [1.807, 2.05) is 0 Å². The largest absolute Gasteiger partial charge is 0.489 e. The molecule has 0 amide bonds. The highest BCUT2D eigenvalue weighted by Crippen LogP contribution is 2.40. The van der Waals surface area contributed by atoms with Gasteiger partial charge in [0.2, 0.25) is 0 Å².